The first kappa shape index (κ1) is 69.6. The van der Waals surface area contributed by atoms with E-state index in [0.29, 0.717) is 177 Å². The number of ether oxygens (including phenoxy) is 11. The second-order valence-corrected chi connectivity index (χ2v) is 24.4. The molecule has 4 N–H and O–H groups in total. The van der Waals surface area contributed by atoms with Crippen LogP contribution in [0.2, 0.25) is 25.7 Å². The Morgan fingerprint density at radius 3 is 1.50 bits per heavy atom. The molecule has 23 heteroatoms. The van der Waals surface area contributed by atoms with Gasteiger partial charge in [-0.1, -0.05) is 50.0 Å². The fourth-order valence-electron chi connectivity index (χ4n) is 6.28. The van der Waals surface area contributed by atoms with Gasteiger partial charge in [0.2, 0.25) is 17.7 Å². The molecule has 4 amide bonds. The Morgan fingerprint density at radius 2 is 0.947 bits per heavy atom. The van der Waals surface area contributed by atoms with Crippen molar-refractivity contribution in [3.63, 3.8) is 0 Å². The molecule has 1 aromatic carbocycles. The number of ketones is 2. The zero-order valence-corrected chi connectivity index (χ0v) is 47.1. The minimum absolute atomic E-state index is 0.0554. The van der Waals surface area contributed by atoms with Crippen LogP contribution in [-0.2, 0) is 87.5 Å². The predicted molar refractivity (Wildman–Crippen MR) is 286 cm³/mol. The second kappa shape index (κ2) is 48.9. The topological polar surface area (TPSA) is 269 Å². The summed E-state index contributed by atoms with van der Waals surface area (Å²) in [6.07, 6.45) is 3.43. The van der Waals surface area contributed by atoms with E-state index < -0.39 is 20.2 Å². The number of nitrogens with one attached hydrogen (secondary N) is 4. The second-order valence-electron chi connectivity index (χ2n) is 18.7. The summed E-state index contributed by atoms with van der Waals surface area (Å²) in [6.45, 7) is 16.2. The van der Waals surface area contributed by atoms with Crippen LogP contribution in [0.5, 0.6) is 0 Å². The van der Waals surface area contributed by atoms with E-state index >= 15 is 0 Å². The van der Waals surface area contributed by atoms with E-state index in [1.807, 2.05) is 30.3 Å². The minimum Gasteiger partial charge on any atom is -0.466 e. The summed E-state index contributed by atoms with van der Waals surface area (Å²) in [7, 11) is -1.31. The lowest BCUT2D eigenvalue weighted by Crippen LogP contribution is -2.47. The Labute approximate surface area is 452 Å². The van der Waals surface area contributed by atoms with Crippen LogP contribution < -0.4 is 21.3 Å². The van der Waals surface area contributed by atoms with Crippen LogP contribution in [0.15, 0.2) is 30.3 Å². The molecule has 0 saturated heterocycles. The molecular weight excluding hydrogens is 1010 g/mol. The van der Waals surface area contributed by atoms with Gasteiger partial charge in [-0.15, -0.1) is 0 Å². The van der Waals surface area contributed by atoms with Crippen LogP contribution in [0.25, 0.3) is 0 Å². The molecule has 22 nitrogen and oxygen atoms in total. The number of amides is 4. The van der Waals surface area contributed by atoms with Crippen molar-refractivity contribution in [2.75, 3.05) is 145 Å². The number of hydrogen-bond acceptors (Lipinski definition) is 18. The van der Waals surface area contributed by atoms with Crippen molar-refractivity contribution in [1.29, 1.82) is 0 Å². The van der Waals surface area contributed by atoms with E-state index in [9.17, 15) is 33.6 Å². The summed E-state index contributed by atoms with van der Waals surface area (Å²) < 4.78 is 59.7. The number of benzene rings is 1. The highest BCUT2D eigenvalue weighted by atomic mass is 28.3. The number of esters is 1. The van der Waals surface area contributed by atoms with Crippen molar-refractivity contribution in [1.82, 2.24) is 21.3 Å². The minimum atomic E-state index is -1.31. The van der Waals surface area contributed by atoms with Gasteiger partial charge in [0.1, 0.15) is 24.2 Å². The number of carbonyl (C=O) groups excluding carboxylic acids is 7. The Hall–Kier alpha value is -4.43. The molecule has 0 unspecified atom stereocenters. The molecule has 1 aromatic rings. The van der Waals surface area contributed by atoms with Gasteiger partial charge in [-0.05, 0) is 50.6 Å². The molecule has 0 bridgehead atoms. The van der Waals surface area contributed by atoms with Gasteiger partial charge in [-0.2, -0.15) is 0 Å². The van der Waals surface area contributed by atoms with Crippen LogP contribution in [0, 0.1) is 0 Å². The fraction of sp³-hybridized carbons (Fsp3) is 0.755. The first-order chi connectivity index (χ1) is 36.7. The lowest BCUT2D eigenvalue weighted by atomic mass is 10.1. The van der Waals surface area contributed by atoms with Crippen LogP contribution in [-0.4, -0.2) is 201 Å². The SMILES string of the molecule is CC(=O)CCOCCOCCOCCNC(=O)CCOCCOCCOCCC(=O)CCCOCCOCCOCCC(=O)NCCCC[C@H](NC(=O)OCc1ccccc1)C(=O)NCCCC(=O)OCC[Si](C)(C)C. The standard InChI is InChI=1S/C53H92N4O18Si/c1-45(58)17-25-66-31-37-73-41-35-70-29-23-55-50(61)20-28-69-34-40-72-38-32-67-26-18-47(59)14-11-24-65-30-36-71-39-33-68-27-19-49(60)54-21-9-8-15-48(57-53(64)75-44-46-12-6-5-7-13-46)52(63)56-22-10-16-51(62)74-42-43-76(2,3)4/h5-7,12-13,48H,8-11,14-44H2,1-4H3,(H,54,60)(H,55,61)(H,56,63)(H,57,64)/t48-/m0/s1. The third-order valence-corrected chi connectivity index (χ3v) is 12.4. The number of hydrogen-bond donors (Lipinski definition) is 4. The highest BCUT2D eigenvalue weighted by Crippen LogP contribution is 2.09. The average Bonchev–Trinajstić information content (AvgIpc) is 3.38. The van der Waals surface area contributed by atoms with Crippen molar-refractivity contribution in [3.8, 4) is 0 Å². The van der Waals surface area contributed by atoms with Crippen LogP contribution in [0.3, 0.4) is 0 Å². The number of unbranched alkanes of at least 4 members (excludes halogenated alkanes) is 1. The monoisotopic (exact) mass is 1100 g/mol. The fourth-order valence-corrected chi connectivity index (χ4v) is 7.00. The number of carbonyl (C=O) groups is 7. The van der Waals surface area contributed by atoms with Gasteiger partial charge in [0, 0.05) is 72.8 Å². The molecule has 0 heterocycles. The summed E-state index contributed by atoms with van der Waals surface area (Å²) in [5, 5.41) is 11.1. The molecule has 0 radical (unpaired) electrons. The Bertz CT molecular complexity index is 1680. The molecule has 0 spiro atoms. The smallest absolute Gasteiger partial charge is 0.408 e. The van der Waals surface area contributed by atoms with Crippen molar-refractivity contribution in [2.45, 2.75) is 116 Å². The predicted octanol–water partition coefficient (Wildman–Crippen LogP) is 4.11. The Balaban J connectivity index is 1.97. The molecule has 436 valence electrons. The highest BCUT2D eigenvalue weighted by Gasteiger charge is 2.21. The summed E-state index contributed by atoms with van der Waals surface area (Å²) in [5.74, 6) is -0.788. The lowest BCUT2D eigenvalue weighted by Gasteiger charge is -2.18. The average molecular weight is 1100 g/mol. The van der Waals surface area contributed by atoms with Gasteiger partial charge in [0.15, 0.2) is 0 Å². The molecule has 0 saturated carbocycles. The first-order valence-electron chi connectivity index (χ1n) is 26.9. The van der Waals surface area contributed by atoms with Crippen molar-refractivity contribution >= 4 is 49.4 Å². The van der Waals surface area contributed by atoms with E-state index in [4.69, 9.17) is 52.1 Å². The highest BCUT2D eigenvalue weighted by molar-refractivity contribution is 6.76. The van der Waals surface area contributed by atoms with Crippen molar-refractivity contribution in [3.05, 3.63) is 35.9 Å². The molecule has 0 aliphatic heterocycles. The number of Topliss-reactive ketones (excluding diaryl/α,β-unsaturated/α-hetero) is 2. The summed E-state index contributed by atoms with van der Waals surface area (Å²) in [4.78, 5) is 85.0. The first-order valence-corrected chi connectivity index (χ1v) is 30.6. The Kier molecular flexibility index (Phi) is 44.8. The van der Waals surface area contributed by atoms with E-state index in [-0.39, 0.29) is 80.9 Å². The third kappa shape index (κ3) is 48.0. The molecule has 76 heavy (non-hydrogen) atoms. The summed E-state index contributed by atoms with van der Waals surface area (Å²) >= 11 is 0. The van der Waals surface area contributed by atoms with E-state index in [0.717, 1.165) is 11.6 Å². The Morgan fingerprint density at radius 1 is 0.461 bits per heavy atom. The number of rotatable bonds is 53. The van der Waals surface area contributed by atoms with E-state index in [2.05, 4.69) is 40.9 Å². The maximum Gasteiger partial charge on any atom is 0.408 e. The third-order valence-electron chi connectivity index (χ3n) is 10.7. The molecule has 1 atom stereocenters. The maximum absolute atomic E-state index is 13.1. The lowest BCUT2D eigenvalue weighted by molar-refractivity contribution is -0.143. The zero-order chi connectivity index (χ0) is 55.6. The summed E-state index contributed by atoms with van der Waals surface area (Å²) in [6, 6.07) is 9.23. The number of alkyl carbamates (subject to hydrolysis) is 1. The van der Waals surface area contributed by atoms with Gasteiger partial charge in [-0.3, -0.25) is 28.8 Å². The molecule has 0 aromatic heterocycles. The van der Waals surface area contributed by atoms with Crippen LogP contribution in [0.1, 0.15) is 83.1 Å². The van der Waals surface area contributed by atoms with Crippen LogP contribution >= 0.6 is 0 Å². The zero-order valence-electron chi connectivity index (χ0n) is 46.1. The molecule has 0 fully saturated rings. The van der Waals surface area contributed by atoms with E-state index in [1.165, 1.54) is 6.92 Å². The summed E-state index contributed by atoms with van der Waals surface area (Å²) in [5.41, 5.74) is 0.811. The van der Waals surface area contributed by atoms with Gasteiger partial charge >= 0.3 is 12.1 Å². The normalized spacial score (nSPS) is 11.7. The van der Waals surface area contributed by atoms with Gasteiger partial charge in [0.25, 0.3) is 0 Å². The quantitative estimate of drug-likeness (QED) is 0.0406. The van der Waals surface area contributed by atoms with Crippen LogP contribution in [0.4, 0.5) is 4.79 Å². The molecule has 1 rings (SSSR count). The largest absolute Gasteiger partial charge is 0.466 e. The molecule has 0 aliphatic carbocycles. The van der Waals surface area contributed by atoms with Crippen molar-refractivity contribution in [2.24, 2.45) is 0 Å². The molecular formula is C53H92N4O18Si. The van der Waals surface area contributed by atoms with Gasteiger partial charge in [0.05, 0.1) is 119 Å². The molecule has 0 aliphatic rings. The van der Waals surface area contributed by atoms with Gasteiger partial charge < -0.3 is 73.4 Å². The van der Waals surface area contributed by atoms with E-state index in [1.54, 1.807) is 0 Å². The maximum atomic E-state index is 13.1. The van der Waals surface area contributed by atoms with Crippen molar-refractivity contribution < 1.29 is 85.7 Å². The van der Waals surface area contributed by atoms with Gasteiger partial charge in [-0.25, -0.2) is 4.79 Å².